The Morgan fingerprint density at radius 2 is 2.00 bits per heavy atom. The summed E-state index contributed by atoms with van der Waals surface area (Å²) in [5, 5.41) is 5.80. The molecule has 4 heteroatoms. The number of anilines is 1. The summed E-state index contributed by atoms with van der Waals surface area (Å²) in [6.45, 7) is 0. The summed E-state index contributed by atoms with van der Waals surface area (Å²) >= 11 is 7.38. The lowest BCUT2D eigenvalue weighted by Gasteiger charge is -2.05. The molecule has 2 nitrogen and oxygen atoms in total. The number of nitrogens with one attached hydrogen (secondary N) is 1. The average molecular weight is 302 g/mol. The van der Waals surface area contributed by atoms with Crippen molar-refractivity contribution in [3.8, 4) is 0 Å². The first-order valence-corrected chi connectivity index (χ1v) is 7.62. The largest absolute Gasteiger partial charge is 0.322 e. The molecule has 0 saturated heterocycles. The SMILES string of the molecule is O=C(Nc1cccc(CCl)c1)c1csc2ccccc12. The number of carbonyl (C=O) groups is 1. The molecule has 0 aliphatic heterocycles. The maximum Gasteiger partial charge on any atom is 0.257 e. The number of alkyl halides is 1. The van der Waals surface area contributed by atoms with Crippen molar-refractivity contribution in [2.24, 2.45) is 0 Å². The maximum atomic E-state index is 12.4. The molecule has 0 atom stereocenters. The van der Waals surface area contributed by atoms with E-state index < -0.39 is 0 Å². The van der Waals surface area contributed by atoms with E-state index in [1.54, 1.807) is 11.3 Å². The van der Waals surface area contributed by atoms with Crippen LogP contribution in [-0.2, 0) is 5.88 Å². The maximum absolute atomic E-state index is 12.4. The van der Waals surface area contributed by atoms with Gasteiger partial charge in [-0.1, -0.05) is 30.3 Å². The van der Waals surface area contributed by atoms with Crippen molar-refractivity contribution >= 4 is 44.6 Å². The first-order chi connectivity index (χ1) is 9.78. The van der Waals surface area contributed by atoms with Crippen LogP contribution in [0.25, 0.3) is 10.1 Å². The Morgan fingerprint density at radius 1 is 1.15 bits per heavy atom. The zero-order valence-electron chi connectivity index (χ0n) is 10.6. The standard InChI is InChI=1S/C16H12ClNOS/c17-9-11-4-3-5-12(8-11)18-16(19)14-10-20-15-7-2-1-6-13(14)15/h1-8,10H,9H2,(H,18,19). The van der Waals surface area contributed by atoms with Crippen molar-refractivity contribution in [1.82, 2.24) is 0 Å². The summed E-state index contributed by atoms with van der Waals surface area (Å²) in [4.78, 5) is 12.4. The first-order valence-electron chi connectivity index (χ1n) is 6.20. The van der Waals surface area contributed by atoms with Crippen LogP contribution in [0.4, 0.5) is 5.69 Å². The molecule has 100 valence electrons. The topological polar surface area (TPSA) is 29.1 Å². The monoisotopic (exact) mass is 301 g/mol. The van der Waals surface area contributed by atoms with Crippen LogP contribution in [0.3, 0.4) is 0 Å². The Bertz CT molecular complexity index is 766. The minimum atomic E-state index is -0.0887. The lowest BCUT2D eigenvalue weighted by Crippen LogP contribution is -2.11. The van der Waals surface area contributed by atoms with Gasteiger partial charge in [0.25, 0.3) is 5.91 Å². The van der Waals surface area contributed by atoms with Crippen molar-refractivity contribution in [1.29, 1.82) is 0 Å². The number of thiophene rings is 1. The molecule has 2 aromatic carbocycles. The van der Waals surface area contributed by atoms with Crippen molar-refractivity contribution in [2.45, 2.75) is 5.88 Å². The van der Waals surface area contributed by atoms with E-state index in [-0.39, 0.29) is 5.91 Å². The van der Waals surface area contributed by atoms with Gasteiger partial charge in [0, 0.05) is 27.0 Å². The second kappa shape index (κ2) is 5.65. The van der Waals surface area contributed by atoms with E-state index in [0.29, 0.717) is 11.4 Å². The molecule has 0 spiro atoms. The van der Waals surface area contributed by atoms with Crippen LogP contribution in [0.15, 0.2) is 53.9 Å². The average Bonchev–Trinajstić information content (AvgIpc) is 2.91. The number of halogens is 1. The lowest BCUT2D eigenvalue weighted by molar-refractivity contribution is 0.102. The Labute approximate surface area is 126 Å². The number of hydrogen-bond acceptors (Lipinski definition) is 2. The van der Waals surface area contributed by atoms with Gasteiger partial charge in [0.2, 0.25) is 0 Å². The molecule has 0 aliphatic carbocycles. The fraction of sp³-hybridized carbons (Fsp3) is 0.0625. The van der Waals surface area contributed by atoms with E-state index >= 15 is 0 Å². The summed E-state index contributed by atoms with van der Waals surface area (Å²) in [6.07, 6.45) is 0. The van der Waals surface area contributed by atoms with Crippen LogP contribution in [0.5, 0.6) is 0 Å². The minimum Gasteiger partial charge on any atom is -0.322 e. The Kier molecular flexibility index (Phi) is 3.72. The van der Waals surface area contributed by atoms with Crippen LogP contribution >= 0.6 is 22.9 Å². The lowest BCUT2D eigenvalue weighted by atomic mass is 10.1. The third-order valence-electron chi connectivity index (χ3n) is 3.06. The van der Waals surface area contributed by atoms with E-state index in [1.165, 1.54) is 0 Å². The molecule has 0 bridgehead atoms. The Hall–Kier alpha value is -1.84. The van der Waals surface area contributed by atoms with E-state index in [4.69, 9.17) is 11.6 Å². The Balaban J connectivity index is 1.89. The third-order valence-corrected chi connectivity index (χ3v) is 4.34. The Morgan fingerprint density at radius 3 is 2.85 bits per heavy atom. The molecule has 3 rings (SSSR count). The molecular weight excluding hydrogens is 290 g/mol. The highest BCUT2D eigenvalue weighted by Gasteiger charge is 2.12. The highest BCUT2D eigenvalue weighted by molar-refractivity contribution is 7.17. The van der Waals surface area contributed by atoms with Gasteiger partial charge in [-0.3, -0.25) is 4.79 Å². The van der Waals surface area contributed by atoms with Crippen molar-refractivity contribution < 1.29 is 4.79 Å². The van der Waals surface area contributed by atoms with Gasteiger partial charge in [0.15, 0.2) is 0 Å². The number of hydrogen-bond donors (Lipinski definition) is 1. The molecule has 3 aromatic rings. The fourth-order valence-electron chi connectivity index (χ4n) is 2.08. The highest BCUT2D eigenvalue weighted by atomic mass is 35.5. The molecule has 0 saturated carbocycles. The van der Waals surface area contributed by atoms with Crippen LogP contribution in [0.2, 0.25) is 0 Å². The number of fused-ring (bicyclic) bond motifs is 1. The minimum absolute atomic E-state index is 0.0887. The van der Waals surface area contributed by atoms with Gasteiger partial charge < -0.3 is 5.32 Å². The summed E-state index contributed by atoms with van der Waals surface area (Å²) < 4.78 is 1.12. The van der Waals surface area contributed by atoms with Gasteiger partial charge in [-0.2, -0.15) is 0 Å². The van der Waals surface area contributed by atoms with Crippen LogP contribution in [-0.4, -0.2) is 5.91 Å². The molecule has 0 radical (unpaired) electrons. The normalized spacial score (nSPS) is 10.7. The quantitative estimate of drug-likeness (QED) is 0.685. The molecule has 0 fully saturated rings. The fourth-order valence-corrected chi connectivity index (χ4v) is 3.19. The molecule has 1 aromatic heterocycles. The summed E-state index contributed by atoms with van der Waals surface area (Å²) in [6, 6.07) is 15.5. The molecule has 0 unspecified atom stereocenters. The van der Waals surface area contributed by atoms with Gasteiger partial charge in [-0.25, -0.2) is 0 Å². The van der Waals surface area contributed by atoms with E-state index in [9.17, 15) is 4.79 Å². The first kappa shape index (κ1) is 13.2. The van der Waals surface area contributed by atoms with Crippen LogP contribution < -0.4 is 5.32 Å². The van der Waals surface area contributed by atoms with Crippen LogP contribution in [0, 0.1) is 0 Å². The van der Waals surface area contributed by atoms with Gasteiger partial charge in [0.05, 0.1) is 5.56 Å². The molecular formula is C16H12ClNOS. The molecule has 1 N–H and O–H groups in total. The molecule has 1 amide bonds. The molecule has 20 heavy (non-hydrogen) atoms. The summed E-state index contributed by atoms with van der Waals surface area (Å²) in [7, 11) is 0. The number of carbonyl (C=O) groups excluding carboxylic acids is 1. The number of benzene rings is 2. The zero-order chi connectivity index (χ0) is 13.9. The van der Waals surface area contributed by atoms with Gasteiger partial charge in [0.1, 0.15) is 0 Å². The van der Waals surface area contributed by atoms with Gasteiger partial charge >= 0.3 is 0 Å². The molecule has 1 heterocycles. The third kappa shape index (κ3) is 2.55. The van der Waals surface area contributed by atoms with Gasteiger partial charge in [-0.05, 0) is 23.8 Å². The van der Waals surface area contributed by atoms with Crippen molar-refractivity contribution in [3.63, 3.8) is 0 Å². The predicted octanol–water partition coefficient (Wildman–Crippen LogP) is 4.89. The number of amides is 1. The zero-order valence-corrected chi connectivity index (χ0v) is 12.2. The van der Waals surface area contributed by atoms with Crippen molar-refractivity contribution in [2.75, 3.05) is 5.32 Å². The highest BCUT2D eigenvalue weighted by Crippen LogP contribution is 2.26. The van der Waals surface area contributed by atoms with Gasteiger partial charge in [-0.15, -0.1) is 22.9 Å². The van der Waals surface area contributed by atoms with Crippen molar-refractivity contribution in [3.05, 3.63) is 65.0 Å². The second-order valence-electron chi connectivity index (χ2n) is 4.43. The smallest absolute Gasteiger partial charge is 0.257 e. The summed E-state index contributed by atoms with van der Waals surface area (Å²) in [5.74, 6) is 0.347. The van der Waals surface area contributed by atoms with E-state index in [2.05, 4.69) is 5.32 Å². The van der Waals surface area contributed by atoms with E-state index in [1.807, 2.05) is 53.9 Å². The van der Waals surface area contributed by atoms with E-state index in [0.717, 1.165) is 21.3 Å². The molecule has 0 aliphatic rings. The van der Waals surface area contributed by atoms with Crippen LogP contribution in [0.1, 0.15) is 15.9 Å². The predicted molar refractivity (Wildman–Crippen MR) is 85.8 cm³/mol. The number of rotatable bonds is 3. The summed E-state index contributed by atoms with van der Waals surface area (Å²) in [5.41, 5.74) is 2.46. The second-order valence-corrected chi connectivity index (χ2v) is 5.61.